The van der Waals surface area contributed by atoms with Gasteiger partial charge >= 0.3 is 6.03 Å². The van der Waals surface area contributed by atoms with E-state index in [1.54, 1.807) is 12.0 Å². The molecule has 0 aromatic rings. The minimum atomic E-state index is -0.853. The molecule has 4 fully saturated rings. The zero-order valence-corrected chi connectivity index (χ0v) is 25.2. The summed E-state index contributed by atoms with van der Waals surface area (Å²) >= 11 is 6.51. The number of halogens is 2. The van der Waals surface area contributed by atoms with E-state index in [-0.39, 0.29) is 66.1 Å². The molecule has 0 aromatic heterocycles. The normalized spacial score (nSPS) is 39.3. The number of ether oxygens (including phenoxy) is 2. The van der Waals surface area contributed by atoms with Gasteiger partial charge in [-0.2, -0.15) is 0 Å². The maximum absolute atomic E-state index is 14.9. The number of methoxy groups -OCH3 is 1. The van der Waals surface area contributed by atoms with Crippen LogP contribution in [0.5, 0.6) is 0 Å². The summed E-state index contributed by atoms with van der Waals surface area (Å²) in [6, 6.07) is -0.454. The standard InChI is InChI=1S/C30H48ClFN4O4/c1-18(2)40-25-16-23(39-3)11-12-24(25)29-34-27(19-7-9-21(31)10-8-19)28(20-5-4-6-22(32)15-20)36(29)30(38)35-14-13-33-26(37)17-35/h18-25,27-28H,4-17H2,1-3H3,(H,33,37). The van der Waals surface area contributed by atoms with Gasteiger partial charge in [0, 0.05) is 37.9 Å². The number of hydrogen-bond acceptors (Lipinski definition) is 5. The third-order valence-corrected chi connectivity index (χ3v) is 10.3. The molecule has 1 saturated heterocycles. The number of rotatable bonds is 6. The van der Waals surface area contributed by atoms with Crippen LogP contribution in [-0.2, 0) is 14.3 Å². The lowest BCUT2D eigenvalue weighted by molar-refractivity contribution is -0.123. The average molecular weight is 583 g/mol. The van der Waals surface area contributed by atoms with Crippen LogP contribution in [0.4, 0.5) is 9.18 Å². The molecular weight excluding hydrogens is 535 g/mol. The predicted molar refractivity (Wildman–Crippen MR) is 153 cm³/mol. The van der Waals surface area contributed by atoms with E-state index in [1.165, 1.54) is 0 Å². The van der Waals surface area contributed by atoms with Gasteiger partial charge < -0.3 is 19.7 Å². The molecule has 7 atom stereocenters. The molecular formula is C30H48ClFN4O4. The van der Waals surface area contributed by atoms with Crippen LogP contribution in [0.25, 0.3) is 0 Å². The fraction of sp³-hybridized carbons (Fsp3) is 0.900. The Balaban J connectivity index is 1.54. The first kappa shape index (κ1) is 30.0. The van der Waals surface area contributed by atoms with Gasteiger partial charge in [0.15, 0.2) is 0 Å². The van der Waals surface area contributed by atoms with E-state index < -0.39 is 6.17 Å². The molecule has 3 amide bonds. The molecule has 0 bridgehead atoms. The summed E-state index contributed by atoms with van der Waals surface area (Å²) in [6.45, 7) is 5.02. The van der Waals surface area contributed by atoms with Gasteiger partial charge in [0.05, 0.1) is 30.4 Å². The fourth-order valence-electron chi connectivity index (χ4n) is 7.92. The molecule has 8 nitrogen and oxygen atoms in total. The third-order valence-electron chi connectivity index (χ3n) is 9.86. The highest BCUT2D eigenvalue weighted by Gasteiger charge is 2.52. The Hall–Kier alpha value is -1.45. The Morgan fingerprint density at radius 3 is 2.52 bits per heavy atom. The molecule has 0 aromatic carbocycles. The summed E-state index contributed by atoms with van der Waals surface area (Å²) in [4.78, 5) is 35.9. The van der Waals surface area contributed by atoms with Gasteiger partial charge in [-0.25, -0.2) is 9.18 Å². The van der Waals surface area contributed by atoms with Crippen LogP contribution in [0.2, 0.25) is 0 Å². The average Bonchev–Trinajstić information content (AvgIpc) is 3.33. The number of nitrogens with one attached hydrogen (secondary N) is 1. The van der Waals surface area contributed by atoms with Gasteiger partial charge in [0.1, 0.15) is 18.6 Å². The van der Waals surface area contributed by atoms with Gasteiger partial charge in [0.25, 0.3) is 0 Å². The number of piperazine rings is 1. The van der Waals surface area contributed by atoms with Crippen LogP contribution in [-0.4, -0.2) is 96.3 Å². The first-order chi connectivity index (χ1) is 19.2. The van der Waals surface area contributed by atoms with E-state index in [2.05, 4.69) is 5.32 Å². The Kier molecular flexibility index (Phi) is 9.94. The lowest BCUT2D eigenvalue weighted by atomic mass is 9.73. The molecule has 10 heteroatoms. The second-order valence-corrected chi connectivity index (χ2v) is 13.5. The molecule has 7 unspecified atom stereocenters. The largest absolute Gasteiger partial charge is 0.381 e. The summed E-state index contributed by atoms with van der Waals surface area (Å²) in [6.07, 6.45) is 8.15. The van der Waals surface area contributed by atoms with E-state index in [0.717, 1.165) is 63.6 Å². The number of urea groups is 1. The van der Waals surface area contributed by atoms with E-state index in [1.807, 2.05) is 18.7 Å². The van der Waals surface area contributed by atoms with Crippen molar-refractivity contribution in [3.8, 4) is 0 Å². The van der Waals surface area contributed by atoms with Gasteiger partial charge in [-0.1, -0.05) is 6.42 Å². The molecule has 226 valence electrons. The molecule has 5 rings (SSSR count). The minimum absolute atomic E-state index is 0.0243. The number of amidine groups is 1. The van der Waals surface area contributed by atoms with Crippen LogP contribution < -0.4 is 5.32 Å². The van der Waals surface area contributed by atoms with Crippen molar-refractivity contribution in [3.63, 3.8) is 0 Å². The van der Waals surface area contributed by atoms with Gasteiger partial charge in [-0.15, -0.1) is 11.6 Å². The second-order valence-electron chi connectivity index (χ2n) is 12.9. The monoisotopic (exact) mass is 582 g/mol. The molecule has 3 aliphatic carbocycles. The minimum Gasteiger partial charge on any atom is -0.381 e. The van der Waals surface area contributed by atoms with Crippen molar-refractivity contribution in [3.05, 3.63) is 0 Å². The Labute approximate surface area is 243 Å². The highest BCUT2D eigenvalue weighted by molar-refractivity contribution is 6.20. The number of hydrogen-bond donors (Lipinski definition) is 1. The summed E-state index contributed by atoms with van der Waals surface area (Å²) in [7, 11) is 1.75. The molecule has 3 saturated carbocycles. The lowest BCUT2D eigenvalue weighted by Crippen LogP contribution is -2.60. The number of nitrogens with zero attached hydrogens (tertiary/aromatic N) is 3. The number of carbonyl (C=O) groups is 2. The highest BCUT2D eigenvalue weighted by Crippen LogP contribution is 2.45. The fourth-order valence-corrected chi connectivity index (χ4v) is 8.17. The topological polar surface area (TPSA) is 83.5 Å². The van der Waals surface area contributed by atoms with Crippen LogP contribution in [0.1, 0.15) is 84.5 Å². The van der Waals surface area contributed by atoms with Crippen molar-refractivity contribution in [1.82, 2.24) is 15.1 Å². The van der Waals surface area contributed by atoms with Gasteiger partial charge in [-0.05, 0) is 83.5 Å². The van der Waals surface area contributed by atoms with Crippen molar-refractivity contribution in [2.24, 2.45) is 22.7 Å². The zero-order chi connectivity index (χ0) is 28.4. The highest BCUT2D eigenvalue weighted by atomic mass is 35.5. The Morgan fingerprint density at radius 1 is 1.07 bits per heavy atom. The SMILES string of the molecule is COC1CCC(C2=NC(C3CCC(Cl)CC3)C(C3CCCC(F)C3)N2C(=O)N2CCNC(=O)C2)C(OC(C)C)C1. The van der Waals surface area contributed by atoms with E-state index in [4.69, 9.17) is 26.1 Å². The number of carbonyl (C=O) groups excluding carboxylic acids is 2. The van der Waals surface area contributed by atoms with Crippen molar-refractivity contribution >= 4 is 29.4 Å². The Morgan fingerprint density at radius 2 is 1.85 bits per heavy atom. The molecule has 1 N–H and O–H groups in total. The summed E-state index contributed by atoms with van der Waals surface area (Å²) in [5.74, 6) is 0.926. The van der Waals surface area contributed by atoms with Gasteiger partial charge in [0.2, 0.25) is 5.91 Å². The quantitative estimate of drug-likeness (QED) is 0.451. The summed E-state index contributed by atoms with van der Waals surface area (Å²) in [5, 5.41) is 3.02. The van der Waals surface area contributed by atoms with Gasteiger partial charge in [-0.3, -0.25) is 14.7 Å². The summed E-state index contributed by atoms with van der Waals surface area (Å²) in [5.41, 5.74) is 0. The molecule has 0 radical (unpaired) electrons. The number of amides is 3. The molecule has 2 aliphatic heterocycles. The smallest absolute Gasteiger partial charge is 0.326 e. The van der Waals surface area contributed by atoms with Crippen LogP contribution in [0.15, 0.2) is 4.99 Å². The molecule has 40 heavy (non-hydrogen) atoms. The molecule has 5 aliphatic rings. The van der Waals surface area contributed by atoms with E-state index in [0.29, 0.717) is 31.8 Å². The summed E-state index contributed by atoms with van der Waals surface area (Å²) < 4.78 is 27.1. The molecule has 0 spiro atoms. The Bertz CT molecular complexity index is 929. The van der Waals surface area contributed by atoms with Crippen LogP contribution >= 0.6 is 11.6 Å². The first-order valence-electron chi connectivity index (χ1n) is 15.6. The zero-order valence-electron chi connectivity index (χ0n) is 24.4. The van der Waals surface area contributed by atoms with E-state index in [9.17, 15) is 14.0 Å². The van der Waals surface area contributed by atoms with E-state index >= 15 is 0 Å². The lowest BCUT2D eigenvalue weighted by Gasteiger charge is -2.44. The van der Waals surface area contributed by atoms with Crippen molar-refractivity contribution in [1.29, 1.82) is 0 Å². The van der Waals surface area contributed by atoms with Crippen molar-refractivity contribution in [2.75, 3.05) is 26.7 Å². The second kappa shape index (κ2) is 13.2. The number of alkyl halides is 2. The predicted octanol–water partition coefficient (Wildman–Crippen LogP) is 4.92. The maximum atomic E-state index is 14.9. The van der Waals surface area contributed by atoms with Crippen LogP contribution in [0.3, 0.4) is 0 Å². The van der Waals surface area contributed by atoms with Crippen molar-refractivity contribution < 1.29 is 23.5 Å². The number of aliphatic imine (C=N–C) groups is 1. The maximum Gasteiger partial charge on any atom is 0.326 e. The third kappa shape index (κ3) is 6.62. The molecule has 2 heterocycles. The van der Waals surface area contributed by atoms with Crippen LogP contribution in [0, 0.1) is 17.8 Å². The van der Waals surface area contributed by atoms with Crippen molar-refractivity contribution in [2.45, 2.75) is 126 Å². The first-order valence-corrected chi connectivity index (χ1v) is 16.1.